The van der Waals surface area contributed by atoms with E-state index in [1.807, 2.05) is 65.6 Å². The maximum atomic E-state index is 13.6. The molecule has 4 aromatic rings. The maximum Gasteiger partial charge on any atom is 0.254 e. The highest BCUT2D eigenvalue weighted by molar-refractivity contribution is 6.07. The molecule has 0 atom stereocenters. The molecule has 1 amide bonds. The van der Waals surface area contributed by atoms with Crippen LogP contribution < -0.4 is 4.74 Å². The number of rotatable bonds is 5. The molecule has 2 heterocycles. The van der Waals surface area contributed by atoms with Gasteiger partial charge in [-0.05, 0) is 42.0 Å². The summed E-state index contributed by atoms with van der Waals surface area (Å²) in [6.45, 7) is 4.10. The Hall–Kier alpha value is -3.70. The number of amides is 1. The number of nitrogens with zero attached hydrogens (tertiary/aromatic N) is 3. The quantitative estimate of drug-likeness (QED) is 0.447. The molecule has 0 bridgehead atoms. The second-order valence-corrected chi connectivity index (χ2v) is 8.35. The van der Waals surface area contributed by atoms with Crippen LogP contribution in [-0.4, -0.2) is 54.0 Å². The molecule has 1 aromatic heterocycles. The third-order valence-corrected chi connectivity index (χ3v) is 6.24. The van der Waals surface area contributed by atoms with E-state index >= 15 is 0 Å². The molecule has 0 spiro atoms. The fraction of sp³-hybridized carbons (Fsp3) is 0.214. The Labute approximate surface area is 194 Å². The molecule has 0 radical (unpaired) electrons. The van der Waals surface area contributed by atoms with Gasteiger partial charge in [-0.25, -0.2) is 4.98 Å². The predicted molar refractivity (Wildman–Crippen MR) is 131 cm³/mol. The van der Waals surface area contributed by atoms with Crippen LogP contribution in [0.4, 0.5) is 0 Å². The van der Waals surface area contributed by atoms with Crippen LogP contribution >= 0.6 is 0 Å². The highest BCUT2D eigenvalue weighted by Gasteiger charge is 2.24. The Morgan fingerprint density at radius 2 is 1.58 bits per heavy atom. The number of para-hydroxylation sites is 1. The first kappa shape index (κ1) is 21.2. The molecular formula is C28H27N3O2. The topological polar surface area (TPSA) is 45.7 Å². The molecule has 166 valence electrons. The standard InChI is InChI=1S/C28H27N3O2/c1-33-23-13-11-22(12-14-23)27-19-25(24-9-5-6-10-26(24)29-27)28(32)31-17-15-30(16-18-31)20-21-7-3-2-4-8-21/h2-14,19H,15-18,20H2,1H3. The van der Waals surface area contributed by atoms with Gasteiger partial charge in [0.15, 0.2) is 0 Å². The summed E-state index contributed by atoms with van der Waals surface area (Å²) in [6.07, 6.45) is 0. The molecule has 0 saturated carbocycles. The van der Waals surface area contributed by atoms with Crippen molar-refractivity contribution in [2.45, 2.75) is 6.54 Å². The van der Waals surface area contributed by atoms with Gasteiger partial charge in [-0.1, -0.05) is 48.5 Å². The largest absolute Gasteiger partial charge is 0.497 e. The number of hydrogen-bond acceptors (Lipinski definition) is 4. The smallest absolute Gasteiger partial charge is 0.254 e. The summed E-state index contributed by atoms with van der Waals surface area (Å²) < 4.78 is 5.28. The first-order valence-corrected chi connectivity index (χ1v) is 11.3. The van der Waals surface area contributed by atoms with Crippen LogP contribution in [0.2, 0.25) is 0 Å². The first-order chi connectivity index (χ1) is 16.2. The minimum Gasteiger partial charge on any atom is -0.497 e. The van der Waals surface area contributed by atoms with E-state index in [4.69, 9.17) is 9.72 Å². The van der Waals surface area contributed by atoms with Crippen LogP contribution in [0, 0.1) is 0 Å². The molecule has 1 aliphatic rings. The van der Waals surface area contributed by atoms with Crippen molar-refractivity contribution >= 4 is 16.8 Å². The summed E-state index contributed by atoms with van der Waals surface area (Å²) in [5.74, 6) is 0.868. The number of ether oxygens (including phenoxy) is 1. The summed E-state index contributed by atoms with van der Waals surface area (Å²) >= 11 is 0. The van der Waals surface area contributed by atoms with Crippen molar-refractivity contribution < 1.29 is 9.53 Å². The number of hydrogen-bond donors (Lipinski definition) is 0. The van der Waals surface area contributed by atoms with Gasteiger partial charge in [0.05, 0.1) is 23.9 Å². The predicted octanol–water partition coefficient (Wildman–Crippen LogP) is 4.87. The van der Waals surface area contributed by atoms with Crippen LogP contribution in [0.5, 0.6) is 5.75 Å². The molecule has 3 aromatic carbocycles. The molecule has 5 rings (SSSR count). The van der Waals surface area contributed by atoms with Crippen LogP contribution in [-0.2, 0) is 6.54 Å². The van der Waals surface area contributed by atoms with Gasteiger partial charge < -0.3 is 9.64 Å². The van der Waals surface area contributed by atoms with Crippen LogP contribution in [0.1, 0.15) is 15.9 Å². The summed E-state index contributed by atoms with van der Waals surface area (Å²) in [5.41, 5.74) is 4.60. The van der Waals surface area contributed by atoms with Crippen molar-refractivity contribution in [1.29, 1.82) is 0 Å². The fourth-order valence-corrected chi connectivity index (χ4v) is 4.38. The van der Waals surface area contributed by atoms with Gasteiger partial charge in [0.25, 0.3) is 5.91 Å². The Bertz CT molecular complexity index is 1250. The van der Waals surface area contributed by atoms with Gasteiger partial charge in [-0.15, -0.1) is 0 Å². The Kier molecular flexibility index (Phi) is 6.05. The van der Waals surface area contributed by atoms with E-state index in [1.165, 1.54) is 5.56 Å². The van der Waals surface area contributed by atoms with Gasteiger partial charge in [-0.2, -0.15) is 0 Å². The number of aromatic nitrogens is 1. The summed E-state index contributed by atoms with van der Waals surface area (Å²) in [7, 11) is 1.65. The summed E-state index contributed by atoms with van der Waals surface area (Å²) in [4.78, 5) is 22.8. The minimum atomic E-state index is 0.0720. The fourth-order valence-electron chi connectivity index (χ4n) is 4.38. The molecule has 1 fully saturated rings. The van der Waals surface area contributed by atoms with E-state index in [2.05, 4.69) is 29.2 Å². The highest BCUT2D eigenvalue weighted by Crippen LogP contribution is 2.27. The third-order valence-electron chi connectivity index (χ3n) is 6.24. The average molecular weight is 438 g/mol. The third kappa shape index (κ3) is 4.59. The Morgan fingerprint density at radius 3 is 2.30 bits per heavy atom. The lowest BCUT2D eigenvalue weighted by molar-refractivity contribution is 0.0630. The van der Waals surface area contributed by atoms with E-state index in [9.17, 15) is 4.79 Å². The van der Waals surface area contributed by atoms with E-state index in [-0.39, 0.29) is 5.91 Å². The van der Waals surface area contributed by atoms with Crippen molar-refractivity contribution in [2.75, 3.05) is 33.3 Å². The number of carbonyl (C=O) groups excluding carboxylic acids is 1. The molecule has 1 aliphatic heterocycles. The average Bonchev–Trinajstić information content (AvgIpc) is 2.89. The first-order valence-electron chi connectivity index (χ1n) is 11.3. The molecule has 0 aliphatic carbocycles. The van der Waals surface area contributed by atoms with Crippen LogP contribution in [0.15, 0.2) is 84.9 Å². The zero-order chi connectivity index (χ0) is 22.6. The number of piperazine rings is 1. The molecule has 0 unspecified atom stereocenters. The van der Waals surface area contributed by atoms with E-state index in [1.54, 1.807) is 7.11 Å². The number of benzene rings is 3. The zero-order valence-corrected chi connectivity index (χ0v) is 18.8. The molecule has 5 nitrogen and oxygen atoms in total. The van der Waals surface area contributed by atoms with E-state index < -0.39 is 0 Å². The van der Waals surface area contributed by atoms with Crippen molar-refractivity contribution in [3.8, 4) is 17.0 Å². The molecule has 33 heavy (non-hydrogen) atoms. The molecular weight excluding hydrogens is 410 g/mol. The summed E-state index contributed by atoms with van der Waals surface area (Å²) in [6, 6.07) is 28.1. The molecule has 0 N–H and O–H groups in total. The van der Waals surface area contributed by atoms with Gasteiger partial charge >= 0.3 is 0 Å². The van der Waals surface area contributed by atoms with E-state index in [0.717, 1.165) is 60.6 Å². The van der Waals surface area contributed by atoms with Crippen molar-refractivity contribution in [1.82, 2.24) is 14.8 Å². The number of pyridine rings is 1. The second kappa shape index (κ2) is 9.43. The Morgan fingerprint density at radius 1 is 0.879 bits per heavy atom. The second-order valence-electron chi connectivity index (χ2n) is 8.35. The van der Waals surface area contributed by atoms with Gasteiger partial charge in [0.2, 0.25) is 0 Å². The maximum absolute atomic E-state index is 13.6. The van der Waals surface area contributed by atoms with Crippen LogP contribution in [0.25, 0.3) is 22.2 Å². The lowest BCUT2D eigenvalue weighted by atomic mass is 10.0. The van der Waals surface area contributed by atoms with Crippen molar-refractivity contribution in [3.63, 3.8) is 0 Å². The highest BCUT2D eigenvalue weighted by atomic mass is 16.5. The van der Waals surface area contributed by atoms with Crippen molar-refractivity contribution in [3.05, 3.63) is 96.1 Å². The zero-order valence-electron chi connectivity index (χ0n) is 18.8. The van der Waals surface area contributed by atoms with Gasteiger partial charge in [0, 0.05) is 43.7 Å². The van der Waals surface area contributed by atoms with E-state index in [0.29, 0.717) is 5.56 Å². The monoisotopic (exact) mass is 437 g/mol. The normalized spacial score (nSPS) is 14.4. The number of carbonyl (C=O) groups is 1. The minimum absolute atomic E-state index is 0.0720. The molecule has 1 saturated heterocycles. The lowest BCUT2D eigenvalue weighted by Gasteiger charge is -2.35. The summed E-state index contributed by atoms with van der Waals surface area (Å²) in [5, 5.41) is 0.895. The lowest BCUT2D eigenvalue weighted by Crippen LogP contribution is -2.48. The number of fused-ring (bicyclic) bond motifs is 1. The van der Waals surface area contributed by atoms with Crippen LogP contribution in [0.3, 0.4) is 0 Å². The van der Waals surface area contributed by atoms with Gasteiger partial charge in [-0.3, -0.25) is 9.69 Å². The molecule has 5 heteroatoms. The SMILES string of the molecule is COc1ccc(-c2cc(C(=O)N3CCN(Cc4ccccc4)CC3)c3ccccc3n2)cc1. The number of methoxy groups -OCH3 is 1. The Balaban J connectivity index is 1.38. The van der Waals surface area contributed by atoms with Gasteiger partial charge in [0.1, 0.15) is 5.75 Å². The van der Waals surface area contributed by atoms with Crippen molar-refractivity contribution in [2.24, 2.45) is 0 Å².